The van der Waals surface area contributed by atoms with Crippen molar-refractivity contribution in [2.45, 2.75) is 0 Å². The molecule has 0 N–H and O–H groups in total. The highest BCUT2D eigenvalue weighted by Crippen LogP contribution is 2.30. The van der Waals surface area contributed by atoms with E-state index < -0.39 is 0 Å². The van der Waals surface area contributed by atoms with E-state index in [9.17, 15) is 0 Å². The quantitative estimate of drug-likeness (QED) is 0.563. The minimum Gasteiger partial charge on any atom is -0.296 e. The summed E-state index contributed by atoms with van der Waals surface area (Å²) in [5, 5.41) is 1.13. The third kappa shape index (κ3) is 1.82. The van der Waals surface area contributed by atoms with Crippen molar-refractivity contribution in [3.05, 3.63) is 79.0 Å². The Morgan fingerprint density at radius 3 is 2.87 bits per heavy atom. The zero-order valence-corrected chi connectivity index (χ0v) is 12.2. The first-order chi connectivity index (χ1) is 11.4. The molecule has 0 fully saturated rings. The second-order valence-electron chi connectivity index (χ2n) is 5.51. The van der Waals surface area contributed by atoms with Crippen LogP contribution in [0.25, 0.3) is 33.4 Å². The Bertz CT molecular complexity index is 1120. The van der Waals surface area contributed by atoms with Gasteiger partial charge in [-0.05, 0) is 12.1 Å². The van der Waals surface area contributed by atoms with Crippen molar-refractivity contribution in [2.75, 3.05) is 0 Å². The largest absolute Gasteiger partial charge is 0.296 e. The highest BCUT2D eigenvalue weighted by atomic mass is 15.0. The Kier molecular flexibility index (Phi) is 2.46. The van der Waals surface area contributed by atoms with Gasteiger partial charge in [0.1, 0.15) is 5.82 Å². The predicted molar refractivity (Wildman–Crippen MR) is 90.8 cm³/mol. The molecule has 1 aliphatic carbocycles. The first-order valence-corrected chi connectivity index (χ1v) is 7.46. The zero-order valence-electron chi connectivity index (χ0n) is 12.2. The van der Waals surface area contributed by atoms with Crippen molar-refractivity contribution in [2.24, 2.45) is 0 Å². The molecule has 0 unspecified atom stereocenters. The van der Waals surface area contributed by atoms with E-state index in [0.717, 1.165) is 39.1 Å². The van der Waals surface area contributed by atoms with Crippen LogP contribution in [0.4, 0.5) is 0 Å². The number of hydrogen-bond acceptors (Lipinski definition) is 3. The van der Waals surface area contributed by atoms with Gasteiger partial charge in [-0.25, -0.2) is 4.98 Å². The van der Waals surface area contributed by atoms with Crippen molar-refractivity contribution < 1.29 is 0 Å². The number of pyridine rings is 1. The van der Waals surface area contributed by atoms with Crippen molar-refractivity contribution in [3.8, 4) is 11.4 Å². The molecule has 0 atom stereocenters. The van der Waals surface area contributed by atoms with Crippen LogP contribution in [0.3, 0.4) is 0 Å². The second kappa shape index (κ2) is 4.61. The van der Waals surface area contributed by atoms with Gasteiger partial charge >= 0.3 is 0 Å². The molecular formula is C19H12N4. The Morgan fingerprint density at radius 2 is 2.00 bits per heavy atom. The van der Waals surface area contributed by atoms with Crippen LogP contribution in [-0.4, -0.2) is 19.4 Å². The van der Waals surface area contributed by atoms with Gasteiger partial charge in [0.25, 0.3) is 0 Å². The Labute approximate surface area is 132 Å². The molecule has 1 aromatic carbocycles. The summed E-state index contributed by atoms with van der Waals surface area (Å²) in [7, 11) is 0. The van der Waals surface area contributed by atoms with E-state index in [-0.39, 0.29) is 0 Å². The average Bonchev–Trinajstić information content (AvgIpc) is 2.93. The molecule has 0 amide bonds. The van der Waals surface area contributed by atoms with Crippen LogP contribution in [0.2, 0.25) is 0 Å². The lowest BCUT2D eigenvalue weighted by atomic mass is 10.0. The zero-order chi connectivity index (χ0) is 15.2. The highest BCUT2D eigenvalue weighted by molar-refractivity contribution is 5.89. The maximum atomic E-state index is 4.86. The molecule has 4 aromatic rings. The minimum atomic E-state index is 0.908. The van der Waals surface area contributed by atoms with Gasteiger partial charge in [0, 0.05) is 35.1 Å². The molecule has 0 aliphatic heterocycles. The van der Waals surface area contributed by atoms with E-state index in [2.05, 4.69) is 50.8 Å². The number of benzene rings is 1. The topological polar surface area (TPSA) is 43.1 Å². The minimum absolute atomic E-state index is 0.908. The molecule has 5 rings (SSSR count). The summed E-state index contributed by atoms with van der Waals surface area (Å²) in [6.07, 6.45) is 13.6. The molecule has 108 valence electrons. The number of nitrogens with zero attached hydrogens (tertiary/aromatic N) is 4. The molecule has 0 spiro atoms. The molecule has 1 aliphatic rings. The van der Waals surface area contributed by atoms with Crippen molar-refractivity contribution in [1.29, 1.82) is 0 Å². The number of fused-ring (bicyclic) bond motifs is 2. The first-order valence-electron chi connectivity index (χ1n) is 7.46. The molecule has 4 nitrogen and oxygen atoms in total. The first kappa shape index (κ1) is 12.3. The van der Waals surface area contributed by atoms with Gasteiger partial charge in [-0.15, -0.1) is 0 Å². The van der Waals surface area contributed by atoms with Crippen LogP contribution in [0.5, 0.6) is 0 Å². The summed E-state index contributed by atoms with van der Waals surface area (Å²) < 4.78 is 2.08. The van der Waals surface area contributed by atoms with E-state index in [4.69, 9.17) is 4.98 Å². The average molecular weight is 296 g/mol. The Hall–Kier alpha value is -3.27. The van der Waals surface area contributed by atoms with Crippen LogP contribution < -0.4 is 0 Å². The molecule has 3 heterocycles. The molecule has 4 heteroatoms. The summed E-state index contributed by atoms with van der Waals surface area (Å²) in [5.41, 5.74) is 5.14. The molecule has 23 heavy (non-hydrogen) atoms. The lowest BCUT2D eigenvalue weighted by Crippen LogP contribution is -1.90. The standard InChI is InChI=1S/C19H12N4/c1-3-14(4-1)18-17-12-20-9-10-23(17)19(22-18)15-7-6-13-5-2-8-21-16(13)11-15/h1-12H. The molecular weight excluding hydrogens is 284 g/mol. The third-order valence-corrected chi connectivity index (χ3v) is 4.14. The lowest BCUT2D eigenvalue weighted by Gasteiger charge is -2.03. The van der Waals surface area contributed by atoms with Crippen LogP contribution in [0.1, 0.15) is 5.69 Å². The van der Waals surface area contributed by atoms with E-state index in [1.807, 2.05) is 30.7 Å². The van der Waals surface area contributed by atoms with Gasteiger partial charge in [-0.3, -0.25) is 14.4 Å². The summed E-state index contributed by atoms with van der Waals surface area (Å²) in [4.78, 5) is 13.6. The normalized spacial score (nSPS) is 13.3. The van der Waals surface area contributed by atoms with E-state index >= 15 is 0 Å². The number of aromatic nitrogens is 4. The smallest absolute Gasteiger partial charge is 0.145 e. The molecule has 0 radical (unpaired) electrons. The summed E-state index contributed by atoms with van der Waals surface area (Å²) in [5.74, 6) is 0.908. The molecule has 0 bridgehead atoms. The van der Waals surface area contributed by atoms with Crippen LogP contribution >= 0.6 is 0 Å². The van der Waals surface area contributed by atoms with E-state index in [1.165, 1.54) is 0 Å². The van der Waals surface area contributed by atoms with Gasteiger partial charge in [0.2, 0.25) is 0 Å². The Balaban J connectivity index is 1.78. The summed E-state index contributed by atoms with van der Waals surface area (Å²) >= 11 is 0. The Morgan fingerprint density at radius 1 is 1.04 bits per heavy atom. The van der Waals surface area contributed by atoms with Crippen LogP contribution in [-0.2, 0) is 0 Å². The second-order valence-corrected chi connectivity index (χ2v) is 5.51. The number of imidazole rings is 1. The van der Waals surface area contributed by atoms with Gasteiger partial charge in [0.15, 0.2) is 0 Å². The lowest BCUT2D eigenvalue weighted by molar-refractivity contribution is 1.12. The molecule has 3 aromatic heterocycles. The fourth-order valence-electron chi connectivity index (χ4n) is 2.91. The van der Waals surface area contributed by atoms with Gasteiger partial charge in [-0.1, -0.05) is 36.4 Å². The predicted octanol–water partition coefficient (Wildman–Crippen LogP) is 3.90. The fraction of sp³-hybridized carbons (Fsp3) is 0. The monoisotopic (exact) mass is 296 g/mol. The highest BCUT2D eigenvalue weighted by Gasteiger charge is 2.16. The van der Waals surface area contributed by atoms with Crippen molar-refractivity contribution >= 4 is 22.0 Å². The van der Waals surface area contributed by atoms with Crippen molar-refractivity contribution in [1.82, 2.24) is 19.4 Å². The molecule has 0 saturated carbocycles. The SMILES string of the molecule is C1=CC(c2nc(-c3ccc4cccnc4c3)n3ccncc23)=C1. The van der Waals surface area contributed by atoms with Gasteiger partial charge in [-0.2, -0.15) is 0 Å². The van der Waals surface area contributed by atoms with E-state index in [1.54, 1.807) is 6.20 Å². The summed E-state index contributed by atoms with van der Waals surface area (Å²) in [6.45, 7) is 0. The molecule has 0 saturated heterocycles. The third-order valence-electron chi connectivity index (χ3n) is 4.14. The maximum absolute atomic E-state index is 4.86. The van der Waals surface area contributed by atoms with Gasteiger partial charge in [0.05, 0.1) is 22.9 Å². The van der Waals surface area contributed by atoms with E-state index in [0.29, 0.717) is 0 Å². The van der Waals surface area contributed by atoms with Crippen LogP contribution in [0.15, 0.2) is 73.3 Å². The van der Waals surface area contributed by atoms with Crippen molar-refractivity contribution in [3.63, 3.8) is 0 Å². The number of allylic oxidation sites excluding steroid dienone is 4. The van der Waals surface area contributed by atoms with Gasteiger partial charge < -0.3 is 0 Å². The fourth-order valence-corrected chi connectivity index (χ4v) is 2.91. The van der Waals surface area contributed by atoms with Crippen LogP contribution in [0, 0.1) is 0 Å². The maximum Gasteiger partial charge on any atom is 0.145 e. The number of hydrogen-bond donors (Lipinski definition) is 0. The summed E-state index contributed by atoms with van der Waals surface area (Å²) in [6, 6.07) is 10.3. The number of rotatable bonds is 2.